The molecule has 0 spiro atoms. The number of amides is 2. The minimum absolute atomic E-state index is 0.0609. The van der Waals surface area contributed by atoms with E-state index < -0.39 is 0 Å². The first-order chi connectivity index (χ1) is 14.2. The molecule has 5 nitrogen and oxygen atoms in total. The quantitative estimate of drug-likeness (QED) is 0.674. The molecule has 0 bridgehead atoms. The molecule has 0 unspecified atom stereocenters. The van der Waals surface area contributed by atoms with Crippen LogP contribution in [-0.2, 0) is 13.0 Å². The van der Waals surface area contributed by atoms with Crippen molar-refractivity contribution in [1.82, 2.24) is 4.90 Å². The van der Waals surface area contributed by atoms with Gasteiger partial charge >= 0.3 is 0 Å². The summed E-state index contributed by atoms with van der Waals surface area (Å²) in [7, 11) is 0. The van der Waals surface area contributed by atoms with Crippen LogP contribution in [0.15, 0.2) is 60.0 Å². The van der Waals surface area contributed by atoms with E-state index in [9.17, 15) is 9.59 Å². The largest absolute Gasteiger partial charge is 0.493 e. The van der Waals surface area contributed by atoms with Crippen LogP contribution in [0.25, 0.3) is 0 Å². The molecule has 1 aliphatic heterocycles. The number of carbonyl (C=O) groups excluding carboxylic acids is 2. The van der Waals surface area contributed by atoms with Crippen molar-refractivity contribution in [2.24, 2.45) is 0 Å². The van der Waals surface area contributed by atoms with E-state index in [2.05, 4.69) is 5.32 Å². The van der Waals surface area contributed by atoms with E-state index in [1.54, 1.807) is 12.1 Å². The van der Waals surface area contributed by atoms with Crippen molar-refractivity contribution < 1.29 is 14.3 Å². The van der Waals surface area contributed by atoms with Crippen molar-refractivity contribution in [2.45, 2.75) is 19.9 Å². The molecule has 2 aromatic carbocycles. The summed E-state index contributed by atoms with van der Waals surface area (Å²) in [6.07, 6.45) is 0.813. The molecule has 0 atom stereocenters. The number of para-hydroxylation sites is 1. The average molecular weight is 407 g/mol. The van der Waals surface area contributed by atoms with E-state index in [1.165, 1.54) is 16.9 Å². The lowest BCUT2D eigenvalue weighted by atomic mass is 9.98. The van der Waals surface area contributed by atoms with Crippen LogP contribution in [0, 0.1) is 0 Å². The van der Waals surface area contributed by atoms with Gasteiger partial charge in [0.2, 0.25) is 0 Å². The van der Waals surface area contributed by atoms with E-state index in [4.69, 9.17) is 4.74 Å². The Bertz CT molecular complexity index is 1030. The van der Waals surface area contributed by atoms with Crippen LogP contribution in [0.3, 0.4) is 0 Å². The zero-order valence-corrected chi connectivity index (χ0v) is 17.0. The van der Waals surface area contributed by atoms with Crippen molar-refractivity contribution >= 4 is 28.8 Å². The number of carbonyl (C=O) groups is 2. The van der Waals surface area contributed by atoms with Crippen LogP contribution >= 0.6 is 11.3 Å². The van der Waals surface area contributed by atoms with E-state index >= 15 is 0 Å². The number of nitrogens with one attached hydrogen (secondary N) is 1. The highest BCUT2D eigenvalue weighted by Gasteiger charge is 2.23. The van der Waals surface area contributed by atoms with Gasteiger partial charge < -0.3 is 15.0 Å². The summed E-state index contributed by atoms with van der Waals surface area (Å²) in [4.78, 5) is 28.0. The van der Waals surface area contributed by atoms with Crippen LogP contribution in [0.5, 0.6) is 5.75 Å². The number of hydrogen-bond donors (Lipinski definition) is 1. The Morgan fingerprint density at radius 2 is 1.97 bits per heavy atom. The first-order valence-corrected chi connectivity index (χ1v) is 10.5. The summed E-state index contributed by atoms with van der Waals surface area (Å²) in [5.74, 6) is 0.417. The smallest absolute Gasteiger partial charge is 0.264 e. The van der Waals surface area contributed by atoms with Crippen LogP contribution in [-0.4, -0.2) is 29.9 Å². The maximum absolute atomic E-state index is 12.8. The molecule has 148 valence electrons. The fraction of sp³-hybridized carbons (Fsp3) is 0.217. The number of anilines is 1. The van der Waals surface area contributed by atoms with Gasteiger partial charge in [-0.3, -0.25) is 9.59 Å². The highest BCUT2D eigenvalue weighted by Crippen LogP contribution is 2.26. The van der Waals surface area contributed by atoms with Gasteiger partial charge in [0.25, 0.3) is 11.8 Å². The molecule has 0 saturated heterocycles. The Balaban J connectivity index is 1.51. The van der Waals surface area contributed by atoms with Crippen molar-refractivity contribution in [1.29, 1.82) is 0 Å². The van der Waals surface area contributed by atoms with Crippen molar-refractivity contribution in [3.05, 3.63) is 81.5 Å². The molecule has 0 saturated carbocycles. The summed E-state index contributed by atoms with van der Waals surface area (Å²) >= 11 is 1.46. The summed E-state index contributed by atoms with van der Waals surface area (Å²) in [6, 6.07) is 16.9. The van der Waals surface area contributed by atoms with Crippen LogP contribution in [0.2, 0.25) is 0 Å². The second kappa shape index (κ2) is 8.49. The molecule has 4 rings (SSSR count). The average Bonchev–Trinajstić information content (AvgIpc) is 3.28. The number of nitrogens with zero attached hydrogens (tertiary/aromatic N) is 1. The summed E-state index contributed by atoms with van der Waals surface area (Å²) in [5, 5.41) is 4.87. The molecule has 1 aromatic heterocycles. The monoisotopic (exact) mass is 406 g/mol. The Hall–Kier alpha value is -3.12. The molecule has 29 heavy (non-hydrogen) atoms. The van der Waals surface area contributed by atoms with Gasteiger partial charge in [-0.1, -0.05) is 24.3 Å². The molecular weight excluding hydrogens is 384 g/mol. The standard InChI is InChI=1S/C23H22N2O3S/c1-2-28-20-7-4-3-6-19(20)22(26)24-18-10-9-16-11-12-25(15-17(16)14-18)23(27)21-8-5-13-29-21/h3-10,13-14H,2,11-12,15H2,1H3,(H,24,26). The number of fused-ring (bicyclic) bond motifs is 1. The van der Waals surface area contributed by atoms with Gasteiger partial charge in [-0.2, -0.15) is 0 Å². The zero-order chi connectivity index (χ0) is 20.2. The third-order valence-corrected chi connectivity index (χ3v) is 5.78. The third kappa shape index (κ3) is 4.17. The molecule has 2 amide bonds. The Morgan fingerprint density at radius 3 is 2.76 bits per heavy atom. The Morgan fingerprint density at radius 1 is 1.10 bits per heavy atom. The first kappa shape index (κ1) is 19.2. The summed E-state index contributed by atoms with van der Waals surface area (Å²) in [6.45, 7) is 3.64. The number of hydrogen-bond acceptors (Lipinski definition) is 4. The lowest BCUT2D eigenvalue weighted by Crippen LogP contribution is -2.35. The highest BCUT2D eigenvalue weighted by molar-refractivity contribution is 7.12. The molecule has 3 aromatic rings. The minimum Gasteiger partial charge on any atom is -0.493 e. The second-order valence-corrected chi connectivity index (χ2v) is 7.77. The lowest BCUT2D eigenvalue weighted by molar-refractivity contribution is 0.0739. The fourth-order valence-corrected chi connectivity index (χ4v) is 4.19. The predicted octanol–water partition coefficient (Wildman–Crippen LogP) is 4.60. The van der Waals surface area contributed by atoms with Gasteiger partial charge in [0.1, 0.15) is 5.75 Å². The van der Waals surface area contributed by atoms with Gasteiger partial charge in [-0.05, 0) is 60.2 Å². The van der Waals surface area contributed by atoms with Gasteiger partial charge in [-0.25, -0.2) is 0 Å². The number of rotatable bonds is 5. The lowest BCUT2D eigenvalue weighted by Gasteiger charge is -2.29. The van der Waals surface area contributed by atoms with E-state index in [0.717, 1.165) is 16.9 Å². The maximum Gasteiger partial charge on any atom is 0.264 e. The normalized spacial score (nSPS) is 12.9. The van der Waals surface area contributed by atoms with E-state index in [-0.39, 0.29) is 11.8 Å². The molecule has 0 fully saturated rings. The SMILES string of the molecule is CCOc1ccccc1C(=O)Nc1ccc2c(c1)CN(C(=O)c1cccs1)CC2. The summed E-state index contributed by atoms with van der Waals surface area (Å²) < 4.78 is 5.56. The maximum atomic E-state index is 12.8. The molecule has 0 radical (unpaired) electrons. The molecular formula is C23H22N2O3S. The topological polar surface area (TPSA) is 58.6 Å². The van der Waals surface area contributed by atoms with E-state index in [0.29, 0.717) is 36.7 Å². The zero-order valence-electron chi connectivity index (χ0n) is 16.2. The van der Waals surface area contributed by atoms with E-state index in [1.807, 2.05) is 59.7 Å². The van der Waals surface area contributed by atoms with Crippen molar-refractivity contribution in [3.8, 4) is 5.75 Å². The van der Waals surface area contributed by atoms with Crippen molar-refractivity contribution in [3.63, 3.8) is 0 Å². The van der Waals surface area contributed by atoms with Crippen LogP contribution in [0.4, 0.5) is 5.69 Å². The van der Waals surface area contributed by atoms with Crippen molar-refractivity contribution in [2.75, 3.05) is 18.5 Å². The van der Waals surface area contributed by atoms with Gasteiger partial charge in [-0.15, -0.1) is 11.3 Å². The molecule has 1 N–H and O–H groups in total. The van der Waals surface area contributed by atoms with Gasteiger partial charge in [0.05, 0.1) is 17.0 Å². The van der Waals surface area contributed by atoms with Crippen LogP contribution in [0.1, 0.15) is 38.1 Å². The Labute approximate surface area is 173 Å². The second-order valence-electron chi connectivity index (χ2n) is 6.82. The first-order valence-electron chi connectivity index (χ1n) is 9.63. The Kier molecular flexibility index (Phi) is 5.62. The third-order valence-electron chi connectivity index (χ3n) is 4.93. The van der Waals surface area contributed by atoms with Crippen LogP contribution < -0.4 is 10.1 Å². The summed E-state index contributed by atoms with van der Waals surface area (Å²) in [5.41, 5.74) is 3.50. The predicted molar refractivity (Wildman–Crippen MR) is 115 cm³/mol. The van der Waals surface area contributed by atoms with Gasteiger partial charge in [0, 0.05) is 18.8 Å². The molecule has 1 aliphatic rings. The highest BCUT2D eigenvalue weighted by atomic mass is 32.1. The molecule has 2 heterocycles. The molecule has 6 heteroatoms. The van der Waals surface area contributed by atoms with Gasteiger partial charge in [0.15, 0.2) is 0 Å². The molecule has 0 aliphatic carbocycles. The minimum atomic E-state index is -0.212. The number of thiophene rings is 1. The number of ether oxygens (including phenoxy) is 1. The number of benzene rings is 2. The fourth-order valence-electron chi connectivity index (χ4n) is 3.50.